The molecule has 0 radical (unpaired) electrons. The molecule has 2 aromatic carbocycles. The van der Waals surface area contributed by atoms with Crippen LogP contribution in [0.4, 0.5) is 17.5 Å². The van der Waals surface area contributed by atoms with Crippen molar-refractivity contribution in [1.82, 2.24) is 9.97 Å². The van der Waals surface area contributed by atoms with Crippen LogP contribution < -0.4 is 10.6 Å². The average molecular weight is 359 g/mol. The van der Waals surface area contributed by atoms with Gasteiger partial charge in [-0.25, -0.2) is 4.98 Å². The third kappa shape index (κ3) is 5.03. The average Bonchev–Trinajstić information content (AvgIpc) is 2.72. The number of methoxy groups -OCH3 is 1. The van der Waals surface area contributed by atoms with Crippen molar-refractivity contribution >= 4 is 17.5 Å². The molecule has 136 valence electrons. The molecular formula is C21H21N5O. The lowest BCUT2D eigenvalue weighted by atomic mass is 10.1. The summed E-state index contributed by atoms with van der Waals surface area (Å²) >= 11 is 0. The van der Waals surface area contributed by atoms with Crippen molar-refractivity contribution < 1.29 is 4.74 Å². The molecular weight excluding hydrogens is 338 g/mol. The van der Waals surface area contributed by atoms with Crippen LogP contribution in [0, 0.1) is 11.3 Å². The molecule has 0 fully saturated rings. The van der Waals surface area contributed by atoms with E-state index < -0.39 is 0 Å². The molecule has 1 heterocycles. The van der Waals surface area contributed by atoms with Gasteiger partial charge in [0.05, 0.1) is 16.9 Å². The maximum absolute atomic E-state index is 9.30. The second kappa shape index (κ2) is 9.32. The van der Waals surface area contributed by atoms with Gasteiger partial charge in [0.25, 0.3) is 0 Å². The maximum atomic E-state index is 9.30. The molecule has 2 N–H and O–H groups in total. The Kier molecular flexibility index (Phi) is 6.34. The predicted molar refractivity (Wildman–Crippen MR) is 107 cm³/mol. The first-order valence-corrected chi connectivity index (χ1v) is 8.73. The van der Waals surface area contributed by atoms with Gasteiger partial charge in [-0.15, -0.1) is 0 Å². The molecule has 0 bridgehead atoms. The Hall–Kier alpha value is -3.43. The van der Waals surface area contributed by atoms with E-state index in [-0.39, 0.29) is 0 Å². The molecule has 0 saturated heterocycles. The Morgan fingerprint density at radius 1 is 1.04 bits per heavy atom. The first-order valence-electron chi connectivity index (χ1n) is 8.73. The van der Waals surface area contributed by atoms with Crippen LogP contribution in [-0.2, 0) is 4.74 Å². The monoisotopic (exact) mass is 359 g/mol. The fourth-order valence-corrected chi connectivity index (χ4v) is 2.59. The van der Waals surface area contributed by atoms with Gasteiger partial charge in [0.1, 0.15) is 11.9 Å². The Balaban J connectivity index is 1.91. The summed E-state index contributed by atoms with van der Waals surface area (Å²) in [7, 11) is 1.69. The van der Waals surface area contributed by atoms with E-state index in [9.17, 15) is 5.26 Å². The van der Waals surface area contributed by atoms with Crippen LogP contribution in [0.3, 0.4) is 0 Å². The number of anilines is 3. The van der Waals surface area contributed by atoms with Gasteiger partial charge in [-0.3, -0.25) is 0 Å². The topological polar surface area (TPSA) is 82.9 Å². The van der Waals surface area contributed by atoms with Crippen molar-refractivity contribution in [2.75, 3.05) is 30.9 Å². The largest absolute Gasteiger partial charge is 0.385 e. The van der Waals surface area contributed by atoms with Gasteiger partial charge in [0.2, 0.25) is 5.95 Å². The fourth-order valence-electron chi connectivity index (χ4n) is 2.59. The van der Waals surface area contributed by atoms with Crippen LogP contribution in [0.1, 0.15) is 12.0 Å². The SMILES string of the molecule is COCCCNc1cc(-c2ccccc2)nc(Nc2ccccc2C#N)n1. The molecule has 6 nitrogen and oxygen atoms in total. The number of nitrogens with one attached hydrogen (secondary N) is 2. The molecule has 0 amide bonds. The quantitative estimate of drug-likeness (QED) is 0.586. The number of hydrogen-bond acceptors (Lipinski definition) is 6. The minimum Gasteiger partial charge on any atom is -0.385 e. The summed E-state index contributed by atoms with van der Waals surface area (Å²) in [5.74, 6) is 1.16. The van der Waals surface area contributed by atoms with Gasteiger partial charge in [-0.1, -0.05) is 42.5 Å². The molecule has 0 unspecified atom stereocenters. The molecule has 0 aliphatic rings. The lowest BCUT2D eigenvalue weighted by Gasteiger charge is -2.12. The number of nitriles is 1. The van der Waals surface area contributed by atoms with E-state index in [0.29, 0.717) is 23.8 Å². The summed E-state index contributed by atoms with van der Waals surface area (Å²) in [4.78, 5) is 9.17. The molecule has 0 aliphatic heterocycles. The fraction of sp³-hybridized carbons (Fsp3) is 0.190. The first kappa shape index (κ1) is 18.4. The van der Waals surface area contributed by atoms with E-state index in [0.717, 1.165) is 30.0 Å². The second-order valence-corrected chi connectivity index (χ2v) is 5.88. The van der Waals surface area contributed by atoms with Gasteiger partial charge < -0.3 is 15.4 Å². The zero-order valence-corrected chi connectivity index (χ0v) is 15.1. The molecule has 3 rings (SSSR count). The van der Waals surface area contributed by atoms with Gasteiger partial charge in [0.15, 0.2) is 0 Å². The number of ether oxygens (including phenoxy) is 1. The smallest absolute Gasteiger partial charge is 0.229 e. The Labute approximate surface area is 158 Å². The number of hydrogen-bond donors (Lipinski definition) is 2. The highest BCUT2D eigenvalue weighted by atomic mass is 16.5. The molecule has 27 heavy (non-hydrogen) atoms. The molecule has 0 saturated carbocycles. The number of para-hydroxylation sites is 1. The van der Waals surface area contributed by atoms with Crippen LogP contribution in [0.25, 0.3) is 11.3 Å². The van der Waals surface area contributed by atoms with Crippen molar-refractivity contribution in [3.63, 3.8) is 0 Å². The maximum Gasteiger partial charge on any atom is 0.229 e. The number of nitrogens with zero attached hydrogens (tertiary/aromatic N) is 3. The Morgan fingerprint density at radius 2 is 1.81 bits per heavy atom. The highest BCUT2D eigenvalue weighted by molar-refractivity contribution is 5.68. The third-order valence-electron chi connectivity index (χ3n) is 3.92. The van der Waals surface area contributed by atoms with Crippen LogP contribution in [0.15, 0.2) is 60.7 Å². The lowest BCUT2D eigenvalue weighted by Crippen LogP contribution is -2.08. The zero-order valence-electron chi connectivity index (χ0n) is 15.1. The van der Waals surface area contributed by atoms with Crippen molar-refractivity contribution in [2.45, 2.75) is 6.42 Å². The van der Waals surface area contributed by atoms with E-state index in [4.69, 9.17) is 4.74 Å². The normalized spacial score (nSPS) is 10.2. The third-order valence-corrected chi connectivity index (χ3v) is 3.92. The minimum absolute atomic E-state index is 0.438. The summed E-state index contributed by atoms with van der Waals surface area (Å²) < 4.78 is 5.09. The van der Waals surface area contributed by atoms with E-state index in [1.165, 1.54) is 0 Å². The van der Waals surface area contributed by atoms with Gasteiger partial charge in [-0.2, -0.15) is 10.2 Å². The van der Waals surface area contributed by atoms with Crippen molar-refractivity contribution in [1.29, 1.82) is 5.26 Å². The van der Waals surface area contributed by atoms with Crippen LogP contribution in [0.2, 0.25) is 0 Å². The van der Waals surface area contributed by atoms with E-state index in [1.807, 2.05) is 54.6 Å². The standard InChI is InChI=1S/C21H21N5O/c1-27-13-7-12-23-20-14-19(16-8-3-2-4-9-16)25-21(26-20)24-18-11-6-5-10-17(18)15-22/h2-6,8-11,14H,7,12-13H2,1H3,(H2,23,24,25,26). The highest BCUT2D eigenvalue weighted by Gasteiger charge is 2.09. The molecule has 1 aromatic heterocycles. The zero-order chi connectivity index (χ0) is 18.9. The molecule has 0 atom stereocenters. The summed E-state index contributed by atoms with van der Waals surface area (Å²) in [5.41, 5.74) is 3.02. The lowest BCUT2D eigenvalue weighted by molar-refractivity contribution is 0.198. The highest BCUT2D eigenvalue weighted by Crippen LogP contribution is 2.24. The second-order valence-electron chi connectivity index (χ2n) is 5.88. The summed E-state index contributed by atoms with van der Waals surface area (Å²) in [6.45, 7) is 1.43. The summed E-state index contributed by atoms with van der Waals surface area (Å²) in [5, 5.41) is 15.8. The van der Waals surface area contributed by atoms with Crippen molar-refractivity contribution in [3.05, 3.63) is 66.2 Å². The minimum atomic E-state index is 0.438. The van der Waals surface area contributed by atoms with Crippen LogP contribution in [0.5, 0.6) is 0 Å². The van der Waals surface area contributed by atoms with E-state index >= 15 is 0 Å². The number of aromatic nitrogens is 2. The summed E-state index contributed by atoms with van der Waals surface area (Å²) in [6.07, 6.45) is 0.876. The Morgan fingerprint density at radius 3 is 2.59 bits per heavy atom. The van der Waals surface area contributed by atoms with Crippen molar-refractivity contribution in [2.24, 2.45) is 0 Å². The Bertz CT molecular complexity index is 921. The summed E-state index contributed by atoms with van der Waals surface area (Å²) in [6, 6.07) is 21.3. The van der Waals surface area contributed by atoms with E-state index in [2.05, 4.69) is 26.7 Å². The van der Waals surface area contributed by atoms with E-state index in [1.54, 1.807) is 13.2 Å². The number of rotatable bonds is 8. The molecule has 0 aliphatic carbocycles. The molecule has 3 aromatic rings. The molecule has 0 spiro atoms. The number of benzene rings is 2. The van der Waals surface area contributed by atoms with Gasteiger partial charge in [0, 0.05) is 31.9 Å². The predicted octanol–water partition coefficient (Wildman–Crippen LogP) is 4.21. The first-order chi connectivity index (χ1) is 13.3. The van der Waals surface area contributed by atoms with Crippen LogP contribution >= 0.6 is 0 Å². The molecule has 6 heteroatoms. The van der Waals surface area contributed by atoms with Gasteiger partial charge in [-0.05, 0) is 18.6 Å². The van der Waals surface area contributed by atoms with Gasteiger partial charge >= 0.3 is 0 Å². The van der Waals surface area contributed by atoms with Crippen LogP contribution in [-0.4, -0.2) is 30.2 Å². The van der Waals surface area contributed by atoms with Crippen molar-refractivity contribution in [3.8, 4) is 17.3 Å².